The fourth-order valence-electron chi connectivity index (χ4n) is 4.07. The largest absolute Gasteiger partial charge is 0.491 e. The number of nitrogen functional groups attached to an aromatic ring is 1. The van der Waals surface area contributed by atoms with Crippen LogP contribution in [-0.4, -0.2) is 86.6 Å². The average Bonchev–Trinajstić information content (AvgIpc) is 3.46. The summed E-state index contributed by atoms with van der Waals surface area (Å²) in [5, 5.41) is 14.8. The van der Waals surface area contributed by atoms with Crippen molar-refractivity contribution in [1.82, 2.24) is 25.5 Å². The molecule has 1 aliphatic rings. The van der Waals surface area contributed by atoms with Crippen LogP contribution < -0.4 is 32.1 Å². The Morgan fingerprint density at radius 2 is 2.15 bits per heavy atom. The smallest absolute Gasteiger partial charge is 0.351 e. The number of azide groups is 2. The number of rotatable bonds is 17. The van der Waals surface area contributed by atoms with Crippen LogP contribution in [0.4, 0.5) is 5.82 Å². The number of nitrogens with zero attached hydrogens (tertiary/aromatic N) is 8. The summed E-state index contributed by atoms with van der Waals surface area (Å²) in [6.07, 6.45) is -1.39. The molecule has 1 aliphatic heterocycles. The van der Waals surface area contributed by atoms with Crippen molar-refractivity contribution in [2.24, 2.45) is 10.2 Å². The predicted octanol–water partition coefficient (Wildman–Crippen LogP) is 0.679. The Hall–Kier alpha value is -4.95. The van der Waals surface area contributed by atoms with Crippen molar-refractivity contribution in [2.75, 3.05) is 52.5 Å². The van der Waals surface area contributed by atoms with Crippen LogP contribution in [0.25, 0.3) is 20.9 Å². The normalized spacial score (nSPS) is 17.3. The van der Waals surface area contributed by atoms with Crippen LogP contribution in [0.1, 0.15) is 28.6 Å². The van der Waals surface area contributed by atoms with Crippen LogP contribution in [0.2, 0.25) is 0 Å². The fraction of sp³-hybridized carbons (Fsp3) is 0.462. The van der Waals surface area contributed by atoms with Crippen LogP contribution in [0.5, 0.6) is 5.75 Å². The van der Waals surface area contributed by atoms with E-state index in [0.29, 0.717) is 11.3 Å². The van der Waals surface area contributed by atoms with Gasteiger partial charge < -0.3 is 45.2 Å². The number of nitrogens with two attached hydrogens (primary N) is 1. The second-order valence-corrected chi connectivity index (χ2v) is 9.75. The third-order valence-corrected chi connectivity index (χ3v) is 6.43. The summed E-state index contributed by atoms with van der Waals surface area (Å²) in [5.74, 6) is 4.81. The van der Waals surface area contributed by atoms with Gasteiger partial charge in [0, 0.05) is 37.5 Å². The van der Waals surface area contributed by atoms with Gasteiger partial charge in [0.05, 0.1) is 31.5 Å². The number of hydrogen-bond acceptors (Lipinski definition) is 13. The number of amides is 2. The molecule has 1 aromatic heterocycles. The first-order chi connectivity index (χ1) is 22.8. The molecule has 0 spiro atoms. The summed E-state index contributed by atoms with van der Waals surface area (Å²) in [4.78, 5) is 46.2. The standard InChI is InChI=1S/C26H33N12O8P/c1-30-14-32-25(40)16-4-2-6-18(8-16)42-13-22(35-37-29)43-12-21(39)31-7-3-5-17-10-38(26(41)34-24(17)27)23-9-19(44-15-33-36-28)20(46-23)11-45-47/h2,4,6,8,10,19-20,22-23,30H,7,9,11-15,47H2,1H3,(H,31,39)(H,32,40)(H2,27,34,41). The fourth-order valence-corrected chi connectivity index (χ4v) is 4.26. The van der Waals surface area contributed by atoms with Crippen LogP contribution in [-0.2, 0) is 23.5 Å². The van der Waals surface area contributed by atoms with E-state index in [-0.39, 0.29) is 56.9 Å². The molecule has 2 heterocycles. The minimum Gasteiger partial charge on any atom is -0.491 e. The molecule has 2 aromatic rings. The van der Waals surface area contributed by atoms with E-state index in [1.807, 2.05) is 0 Å². The number of nitrogens with one attached hydrogen (secondary N) is 3. The summed E-state index contributed by atoms with van der Waals surface area (Å²) in [6.45, 7) is -0.613. The predicted molar refractivity (Wildman–Crippen MR) is 168 cm³/mol. The molecule has 1 saturated heterocycles. The van der Waals surface area contributed by atoms with E-state index in [9.17, 15) is 14.4 Å². The van der Waals surface area contributed by atoms with Gasteiger partial charge in [0.1, 0.15) is 43.8 Å². The van der Waals surface area contributed by atoms with Gasteiger partial charge >= 0.3 is 5.69 Å². The van der Waals surface area contributed by atoms with Crippen LogP contribution in [0, 0.1) is 11.8 Å². The molecule has 20 nitrogen and oxygen atoms in total. The minimum atomic E-state index is -1.14. The van der Waals surface area contributed by atoms with Crippen molar-refractivity contribution >= 4 is 27.1 Å². The quantitative estimate of drug-likeness (QED) is 0.0453. The summed E-state index contributed by atoms with van der Waals surface area (Å²) in [6, 6.07) is 6.35. The number of ether oxygens (including phenoxy) is 4. The first-order valence-corrected chi connectivity index (χ1v) is 14.3. The lowest BCUT2D eigenvalue weighted by atomic mass is 10.2. The number of carbonyl (C=O) groups is 2. The third kappa shape index (κ3) is 11.7. The molecule has 2 amide bonds. The molecule has 250 valence electrons. The molecule has 0 aliphatic carbocycles. The molecule has 5 N–H and O–H groups in total. The van der Waals surface area contributed by atoms with Gasteiger partial charge in [0.25, 0.3) is 5.91 Å². The maximum atomic E-state index is 12.6. The number of aromatic nitrogens is 2. The molecule has 0 bridgehead atoms. The average molecular weight is 673 g/mol. The van der Waals surface area contributed by atoms with Crippen LogP contribution in [0.3, 0.4) is 0 Å². The van der Waals surface area contributed by atoms with Crippen LogP contribution >= 0.6 is 9.47 Å². The first kappa shape index (κ1) is 36.5. The molecule has 21 heteroatoms. The number of carbonyl (C=O) groups excluding carboxylic acids is 2. The molecule has 3 rings (SSSR count). The van der Waals surface area contributed by atoms with Crippen molar-refractivity contribution in [3.63, 3.8) is 0 Å². The highest BCUT2D eigenvalue weighted by molar-refractivity contribution is 7.09. The third-order valence-electron chi connectivity index (χ3n) is 6.24. The maximum Gasteiger partial charge on any atom is 0.351 e. The van der Waals surface area contributed by atoms with Crippen molar-refractivity contribution in [3.05, 3.63) is 73.0 Å². The van der Waals surface area contributed by atoms with Crippen molar-refractivity contribution in [2.45, 2.75) is 31.1 Å². The van der Waals surface area contributed by atoms with Gasteiger partial charge in [0.2, 0.25) is 5.91 Å². The summed E-state index contributed by atoms with van der Waals surface area (Å²) >= 11 is 0. The molecule has 1 aromatic carbocycles. The zero-order valence-electron chi connectivity index (χ0n) is 25.1. The lowest BCUT2D eigenvalue weighted by molar-refractivity contribution is -0.127. The SMILES string of the molecule is CNCNC(=O)c1cccc(OCC(N=[N+]=[N-])OCC(=O)NCC#Cc2cn(C3CC(OCN=[N+]=[N-])C(COP)O3)c(=O)nc2N)c1. The summed E-state index contributed by atoms with van der Waals surface area (Å²) < 4.78 is 28.7. The van der Waals surface area contributed by atoms with Crippen molar-refractivity contribution < 1.29 is 33.1 Å². The molecule has 47 heavy (non-hydrogen) atoms. The van der Waals surface area contributed by atoms with Crippen LogP contribution in [0.15, 0.2) is 45.5 Å². The Labute approximate surface area is 270 Å². The number of hydrogen-bond donors (Lipinski definition) is 4. The Bertz CT molecular complexity index is 1600. The summed E-state index contributed by atoms with van der Waals surface area (Å²) in [7, 11) is 3.79. The van der Waals surface area contributed by atoms with E-state index in [4.69, 9.17) is 40.3 Å². The van der Waals surface area contributed by atoms with E-state index in [1.54, 1.807) is 25.2 Å². The lowest BCUT2D eigenvalue weighted by Gasteiger charge is -2.17. The molecule has 0 saturated carbocycles. The van der Waals surface area contributed by atoms with E-state index >= 15 is 0 Å². The first-order valence-electron chi connectivity index (χ1n) is 13.8. The molecular weight excluding hydrogens is 639 g/mol. The molecule has 5 unspecified atom stereocenters. The van der Waals surface area contributed by atoms with Gasteiger partial charge in [0.15, 0.2) is 6.23 Å². The van der Waals surface area contributed by atoms with Crippen molar-refractivity contribution in [3.8, 4) is 17.6 Å². The monoisotopic (exact) mass is 672 g/mol. The Kier molecular flexibility index (Phi) is 15.2. The minimum absolute atomic E-state index is 0.116. The zero-order valence-corrected chi connectivity index (χ0v) is 26.3. The zero-order chi connectivity index (χ0) is 34.0. The Balaban J connectivity index is 1.53. The maximum absolute atomic E-state index is 12.6. The molecule has 1 fully saturated rings. The van der Waals surface area contributed by atoms with E-state index in [0.717, 1.165) is 0 Å². The second kappa shape index (κ2) is 19.5. The van der Waals surface area contributed by atoms with Gasteiger partial charge in [-0.15, -0.1) is 0 Å². The Morgan fingerprint density at radius 3 is 2.89 bits per heavy atom. The highest BCUT2D eigenvalue weighted by Gasteiger charge is 2.37. The van der Waals surface area contributed by atoms with E-state index in [2.05, 4.69) is 62.3 Å². The van der Waals surface area contributed by atoms with Gasteiger partial charge in [-0.1, -0.05) is 28.1 Å². The highest BCUT2D eigenvalue weighted by atomic mass is 31.0. The van der Waals surface area contributed by atoms with Crippen molar-refractivity contribution in [1.29, 1.82) is 0 Å². The molecule has 0 radical (unpaired) electrons. The van der Waals surface area contributed by atoms with E-state index < -0.39 is 42.9 Å². The Morgan fingerprint density at radius 1 is 1.32 bits per heavy atom. The molecular formula is C26H33N12O8P. The van der Waals surface area contributed by atoms with Gasteiger partial charge in [-0.25, -0.2) is 4.79 Å². The van der Waals surface area contributed by atoms with Gasteiger partial charge in [-0.05, 0) is 36.3 Å². The second-order valence-electron chi connectivity index (χ2n) is 9.42. The highest BCUT2D eigenvalue weighted by Crippen LogP contribution is 2.31. The lowest BCUT2D eigenvalue weighted by Crippen LogP contribution is -2.32. The number of anilines is 1. The topological polar surface area (TPSA) is 275 Å². The summed E-state index contributed by atoms with van der Waals surface area (Å²) in [5.41, 5.74) is 23.2. The van der Waals surface area contributed by atoms with Gasteiger partial charge in [-0.2, -0.15) is 4.98 Å². The van der Waals surface area contributed by atoms with Gasteiger partial charge in [-0.3, -0.25) is 14.2 Å². The van der Waals surface area contributed by atoms with E-state index in [1.165, 1.54) is 16.8 Å². The molecule has 5 atom stereocenters. The number of benzene rings is 1.